The number of benzene rings is 1. The van der Waals surface area contributed by atoms with E-state index in [2.05, 4.69) is 10.5 Å². The molecular formula is C19H24N4O5. The first-order valence-electron chi connectivity index (χ1n) is 9.08. The van der Waals surface area contributed by atoms with Crippen molar-refractivity contribution in [3.63, 3.8) is 0 Å². The predicted octanol–water partition coefficient (Wildman–Crippen LogP) is 0.147. The average molecular weight is 388 g/mol. The van der Waals surface area contributed by atoms with E-state index in [1.165, 1.54) is 4.90 Å². The molecule has 0 aliphatic carbocycles. The Kier molecular flexibility index (Phi) is 6.25. The number of ether oxygens (including phenoxy) is 2. The van der Waals surface area contributed by atoms with E-state index in [9.17, 15) is 14.4 Å². The van der Waals surface area contributed by atoms with Crippen molar-refractivity contribution >= 4 is 23.4 Å². The number of rotatable bonds is 5. The van der Waals surface area contributed by atoms with Gasteiger partial charge in [-0.3, -0.25) is 14.4 Å². The van der Waals surface area contributed by atoms with Crippen molar-refractivity contribution in [2.75, 3.05) is 33.9 Å². The Balaban J connectivity index is 1.71. The normalized spacial score (nSPS) is 20.4. The Morgan fingerprint density at radius 1 is 1.18 bits per heavy atom. The van der Waals surface area contributed by atoms with Crippen LogP contribution in [0.25, 0.3) is 0 Å². The molecule has 28 heavy (non-hydrogen) atoms. The fourth-order valence-electron chi connectivity index (χ4n) is 3.20. The summed E-state index contributed by atoms with van der Waals surface area (Å²) in [6.45, 7) is 1.03. The third-order valence-corrected chi connectivity index (χ3v) is 4.83. The molecule has 0 saturated carbocycles. The quantitative estimate of drug-likeness (QED) is 0.774. The van der Waals surface area contributed by atoms with Gasteiger partial charge in [-0.15, -0.1) is 0 Å². The van der Waals surface area contributed by atoms with E-state index >= 15 is 0 Å². The number of nitrogens with zero attached hydrogens (tertiary/aromatic N) is 3. The average Bonchev–Trinajstić information content (AvgIpc) is 2.87. The smallest absolute Gasteiger partial charge is 0.270 e. The molecule has 2 aliphatic heterocycles. The molecule has 0 spiro atoms. The van der Waals surface area contributed by atoms with E-state index in [4.69, 9.17) is 9.47 Å². The van der Waals surface area contributed by atoms with E-state index in [0.29, 0.717) is 13.1 Å². The van der Waals surface area contributed by atoms with Gasteiger partial charge in [-0.1, -0.05) is 12.1 Å². The number of hydrogen-bond donors (Lipinski definition) is 1. The first-order valence-corrected chi connectivity index (χ1v) is 9.08. The summed E-state index contributed by atoms with van der Waals surface area (Å²) in [5.41, 5.74) is 3.54. The zero-order chi connectivity index (χ0) is 20.1. The summed E-state index contributed by atoms with van der Waals surface area (Å²) in [7, 11) is 3.16. The van der Waals surface area contributed by atoms with Crippen LogP contribution >= 0.6 is 0 Å². The lowest BCUT2D eigenvalue weighted by atomic mass is 10.1. The number of carbonyl (C=O) groups is 3. The van der Waals surface area contributed by atoms with E-state index in [1.54, 1.807) is 19.1 Å². The summed E-state index contributed by atoms with van der Waals surface area (Å²) < 4.78 is 10.6. The van der Waals surface area contributed by atoms with Gasteiger partial charge in [0.1, 0.15) is 18.0 Å². The second kappa shape index (κ2) is 8.83. The Morgan fingerprint density at radius 2 is 1.93 bits per heavy atom. The molecular weight excluding hydrogens is 364 g/mol. The predicted molar refractivity (Wildman–Crippen MR) is 101 cm³/mol. The maximum Gasteiger partial charge on any atom is 0.270 e. The lowest BCUT2D eigenvalue weighted by molar-refractivity contribution is -0.136. The number of methoxy groups -OCH3 is 2. The molecule has 2 aliphatic rings. The van der Waals surface area contributed by atoms with Gasteiger partial charge in [0, 0.05) is 39.6 Å². The van der Waals surface area contributed by atoms with Gasteiger partial charge in [0.25, 0.3) is 5.91 Å². The molecule has 1 aromatic rings. The van der Waals surface area contributed by atoms with Gasteiger partial charge < -0.3 is 19.3 Å². The van der Waals surface area contributed by atoms with Gasteiger partial charge in [-0.25, -0.2) is 5.43 Å². The van der Waals surface area contributed by atoms with Crippen molar-refractivity contribution in [2.24, 2.45) is 5.10 Å². The second-order valence-corrected chi connectivity index (χ2v) is 6.76. The van der Waals surface area contributed by atoms with Crippen LogP contribution in [-0.4, -0.2) is 73.2 Å². The van der Waals surface area contributed by atoms with Crippen LogP contribution in [0, 0.1) is 0 Å². The molecule has 0 aromatic heterocycles. The van der Waals surface area contributed by atoms with Crippen LogP contribution in [-0.2, 0) is 25.7 Å². The van der Waals surface area contributed by atoms with E-state index in [-0.39, 0.29) is 55.5 Å². The lowest BCUT2D eigenvalue weighted by Gasteiger charge is -2.24. The molecule has 0 radical (unpaired) electrons. The van der Waals surface area contributed by atoms with Crippen molar-refractivity contribution in [3.05, 3.63) is 29.8 Å². The molecule has 0 bridgehead atoms. The van der Waals surface area contributed by atoms with E-state index in [0.717, 1.165) is 11.3 Å². The highest BCUT2D eigenvalue weighted by atomic mass is 16.5. The van der Waals surface area contributed by atoms with Crippen molar-refractivity contribution in [1.82, 2.24) is 15.2 Å². The van der Waals surface area contributed by atoms with Crippen LogP contribution in [0.5, 0.6) is 5.75 Å². The third kappa shape index (κ3) is 4.66. The summed E-state index contributed by atoms with van der Waals surface area (Å²) in [6, 6.07) is 7.50. The van der Waals surface area contributed by atoms with Crippen molar-refractivity contribution in [2.45, 2.75) is 25.5 Å². The fourth-order valence-corrected chi connectivity index (χ4v) is 3.20. The van der Waals surface area contributed by atoms with E-state index < -0.39 is 0 Å². The van der Waals surface area contributed by atoms with Crippen molar-refractivity contribution in [3.8, 4) is 5.75 Å². The Hall–Kier alpha value is -2.94. The van der Waals surface area contributed by atoms with Gasteiger partial charge in [-0.2, -0.15) is 5.10 Å². The Bertz CT molecular complexity index is 777. The molecule has 3 amide bonds. The van der Waals surface area contributed by atoms with Gasteiger partial charge in [-0.05, 0) is 17.7 Å². The van der Waals surface area contributed by atoms with Gasteiger partial charge in [0.05, 0.1) is 13.2 Å². The zero-order valence-electron chi connectivity index (χ0n) is 16.0. The molecule has 1 saturated heterocycles. The fraction of sp³-hybridized carbons (Fsp3) is 0.474. The summed E-state index contributed by atoms with van der Waals surface area (Å²) >= 11 is 0. The number of hydrazone groups is 1. The maximum atomic E-state index is 12.8. The molecule has 1 atom stereocenters. The zero-order valence-corrected chi connectivity index (χ0v) is 16.0. The van der Waals surface area contributed by atoms with Crippen molar-refractivity contribution < 1.29 is 23.9 Å². The minimum absolute atomic E-state index is 0.0538. The molecule has 9 nitrogen and oxygen atoms in total. The molecule has 1 aromatic carbocycles. The SMILES string of the molecule is COc1ccc(CN2C[C@H](OC)CN(C(=O)C3=NNC(=O)CC3)CC2=O)cc1. The highest BCUT2D eigenvalue weighted by Crippen LogP contribution is 2.16. The van der Waals surface area contributed by atoms with E-state index in [1.807, 2.05) is 24.3 Å². The highest BCUT2D eigenvalue weighted by molar-refractivity contribution is 6.39. The molecule has 0 unspecified atom stereocenters. The van der Waals surface area contributed by atoms with Crippen LogP contribution in [0.3, 0.4) is 0 Å². The van der Waals surface area contributed by atoms with Gasteiger partial charge in [0.2, 0.25) is 11.8 Å². The number of nitrogens with one attached hydrogen (secondary N) is 1. The molecule has 1 N–H and O–H groups in total. The minimum atomic E-state index is -0.346. The second-order valence-electron chi connectivity index (χ2n) is 6.76. The maximum absolute atomic E-state index is 12.8. The summed E-state index contributed by atoms with van der Waals surface area (Å²) in [4.78, 5) is 39.9. The number of amides is 3. The molecule has 2 heterocycles. The van der Waals surface area contributed by atoms with Crippen LogP contribution in [0.1, 0.15) is 18.4 Å². The van der Waals surface area contributed by atoms with Gasteiger partial charge in [0.15, 0.2) is 0 Å². The molecule has 1 fully saturated rings. The third-order valence-electron chi connectivity index (χ3n) is 4.83. The van der Waals surface area contributed by atoms with Crippen LogP contribution in [0.4, 0.5) is 0 Å². The standard InChI is InChI=1S/C19H24N4O5/c1-27-14-5-3-13(4-6-14)9-22-10-15(28-2)11-23(12-18(22)25)19(26)16-7-8-17(24)21-20-16/h3-6,15H,7-12H2,1-2H3,(H,21,24)/t15-/m0/s1. The molecule has 9 heteroatoms. The Morgan fingerprint density at radius 3 is 2.54 bits per heavy atom. The largest absolute Gasteiger partial charge is 0.497 e. The molecule has 3 rings (SSSR count). The summed E-state index contributed by atoms with van der Waals surface area (Å²) in [5, 5.41) is 3.84. The minimum Gasteiger partial charge on any atom is -0.497 e. The Labute approximate surface area is 163 Å². The molecule has 150 valence electrons. The van der Waals surface area contributed by atoms with Crippen LogP contribution < -0.4 is 10.2 Å². The monoisotopic (exact) mass is 388 g/mol. The first kappa shape index (κ1) is 19.8. The summed E-state index contributed by atoms with van der Waals surface area (Å²) in [5.74, 6) is 0.0209. The number of hydrogen-bond acceptors (Lipinski definition) is 6. The van der Waals surface area contributed by atoms with Crippen molar-refractivity contribution in [1.29, 1.82) is 0 Å². The lowest BCUT2D eigenvalue weighted by Crippen LogP contribution is -2.45. The first-order chi connectivity index (χ1) is 13.5. The van der Waals surface area contributed by atoms with Gasteiger partial charge >= 0.3 is 0 Å². The summed E-state index contributed by atoms with van der Waals surface area (Å²) in [6.07, 6.45) is 0.166. The highest BCUT2D eigenvalue weighted by Gasteiger charge is 2.33. The topological polar surface area (TPSA) is 101 Å². The number of carbonyl (C=O) groups excluding carboxylic acids is 3. The van der Waals surface area contributed by atoms with Crippen LogP contribution in [0.2, 0.25) is 0 Å². The van der Waals surface area contributed by atoms with Crippen LogP contribution in [0.15, 0.2) is 29.4 Å².